The van der Waals surface area contributed by atoms with Gasteiger partial charge in [0, 0.05) is 29.9 Å². The first kappa shape index (κ1) is 13.3. The van der Waals surface area contributed by atoms with Crippen molar-refractivity contribution in [2.75, 3.05) is 0 Å². The molecule has 4 heteroatoms. The highest BCUT2D eigenvalue weighted by Crippen LogP contribution is 2.21. The molecule has 2 aromatic rings. The third-order valence-corrected chi connectivity index (χ3v) is 3.14. The van der Waals surface area contributed by atoms with Crippen molar-refractivity contribution >= 4 is 0 Å². The topological polar surface area (TPSA) is 61.9 Å². The number of nitrogens with one attached hydrogen (secondary N) is 1. The molecule has 19 heavy (non-hydrogen) atoms. The van der Waals surface area contributed by atoms with Gasteiger partial charge in [0.05, 0.1) is 0 Å². The van der Waals surface area contributed by atoms with Gasteiger partial charge in [0.2, 0.25) is 0 Å². The third kappa shape index (κ3) is 3.01. The van der Waals surface area contributed by atoms with E-state index in [2.05, 4.69) is 23.3 Å². The van der Waals surface area contributed by atoms with Crippen LogP contribution in [-0.2, 0) is 6.54 Å². The summed E-state index contributed by atoms with van der Waals surface area (Å²) in [6, 6.07) is 8.08. The SMILES string of the molecule is Cc1cc(C(C)NCc2cccnc2C#N)c(C)o1. The van der Waals surface area contributed by atoms with E-state index in [0.717, 1.165) is 22.6 Å². The van der Waals surface area contributed by atoms with Crippen LogP contribution in [0.5, 0.6) is 0 Å². The maximum Gasteiger partial charge on any atom is 0.144 e. The van der Waals surface area contributed by atoms with Crippen molar-refractivity contribution in [2.24, 2.45) is 0 Å². The van der Waals surface area contributed by atoms with E-state index in [1.165, 1.54) is 0 Å². The number of furan rings is 1. The lowest BCUT2D eigenvalue weighted by Crippen LogP contribution is -2.19. The lowest BCUT2D eigenvalue weighted by atomic mass is 10.1. The number of aromatic nitrogens is 1. The molecule has 2 heterocycles. The molecule has 0 amide bonds. The molecule has 2 aromatic heterocycles. The molecule has 0 aromatic carbocycles. The van der Waals surface area contributed by atoms with Crippen LogP contribution < -0.4 is 5.32 Å². The van der Waals surface area contributed by atoms with Crippen LogP contribution in [-0.4, -0.2) is 4.98 Å². The van der Waals surface area contributed by atoms with E-state index in [9.17, 15) is 0 Å². The van der Waals surface area contributed by atoms with Crippen molar-refractivity contribution in [3.05, 3.63) is 52.7 Å². The van der Waals surface area contributed by atoms with Gasteiger partial charge in [-0.2, -0.15) is 5.26 Å². The van der Waals surface area contributed by atoms with Crippen LogP contribution in [0.1, 0.15) is 41.3 Å². The third-order valence-electron chi connectivity index (χ3n) is 3.14. The summed E-state index contributed by atoms with van der Waals surface area (Å²) in [5.41, 5.74) is 2.54. The number of nitrogens with zero attached hydrogens (tertiary/aromatic N) is 2. The largest absolute Gasteiger partial charge is 0.466 e. The number of hydrogen-bond acceptors (Lipinski definition) is 4. The smallest absolute Gasteiger partial charge is 0.144 e. The molecule has 0 radical (unpaired) electrons. The Bertz CT molecular complexity index is 610. The summed E-state index contributed by atoms with van der Waals surface area (Å²) < 4.78 is 5.53. The maximum atomic E-state index is 8.99. The quantitative estimate of drug-likeness (QED) is 0.912. The summed E-state index contributed by atoms with van der Waals surface area (Å²) in [4.78, 5) is 4.05. The molecule has 4 nitrogen and oxygen atoms in total. The Morgan fingerprint density at radius 1 is 1.47 bits per heavy atom. The highest BCUT2D eigenvalue weighted by atomic mass is 16.3. The fraction of sp³-hybridized carbons (Fsp3) is 0.333. The van der Waals surface area contributed by atoms with Gasteiger partial charge in [-0.25, -0.2) is 4.98 Å². The molecule has 1 atom stereocenters. The van der Waals surface area contributed by atoms with Crippen LogP contribution in [0.3, 0.4) is 0 Å². The van der Waals surface area contributed by atoms with Crippen LogP contribution in [0.15, 0.2) is 28.8 Å². The Hall–Kier alpha value is -2.12. The summed E-state index contributed by atoms with van der Waals surface area (Å²) in [7, 11) is 0. The van der Waals surface area contributed by atoms with E-state index in [0.29, 0.717) is 12.2 Å². The molecule has 1 unspecified atom stereocenters. The molecule has 1 N–H and O–H groups in total. The van der Waals surface area contributed by atoms with E-state index in [1.54, 1.807) is 6.20 Å². The molecule has 0 bridgehead atoms. The standard InChI is InChI=1S/C15H17N3O/c1-10-7-14(12(3)19-10)11(2)18-9-13-5-4-6-17-15(13)8-16/h4-7,11,18H,9H2,1-3H3. The van der Waals surface area contributed by atoms with Gasteiger partial charge in [-0.1, -0.05) is 6.07 Å². The Balaban J connectivity index is 2.07. The van der Waals surface area contributed by atoms with E-state index in [-0.39, 0.29) is 6.04 Å². The lowest BCUT2D eigenvalue weighted by Gasteiger charge is -2.13. The highest BCUT2D eigenvalue weighted by molar-refractivity contribution is 5.31. The fourth-order valence-electron chi connectivity index (χ4n) is 2.14. The van der Waals surface area contributed by atoms with Gasteiger partial charge in [0.1, 0.15) is 23.3 Å². The van der Waals surface area contributed by atoms with Crippen LogP contribution in [0.4, 0.5) is 0 Å². The monoisotopic (exact) mass is 255 g/mol. The predicted molar refractivity (Wildman–Crippen MR) is 72.4 cm³/mol. The summed E-state index contributed by atoms with van der Waals surface area (Å²) in [5, 5.41) is 12.4. The summed E-state index contributed by atoms with van der Waals surface area (Å²) in [5.74, 6) is 1.85. The second-order valence-electron chi connectivity index (χ2n) is 4.59. The van der Waals surface area contributed by atoms with E-state index in [1.807, 2.05) is 32.0 Å². The normalized spacial score (nSPS) is 12.1. The Morgan fingerprint density at radius 3 is 2.89 bits per heavy atom. The molecule has 0 spiro atoms. The highest BCUT2D eigenvalue weighted by Gasteiger charge is 2.12. The van der Waals surface area contributed by atoms with Crippen molar-refractivity contribution in [1.29, 1.82) is 5.26 Å². The predicted octanol–water partition coefficient (Wildman–Crippen LogP) is 3.01. The average Bonchev–Trinajstić information content (AvgIpc) is 2.75. The molecule has 0 fully saturated rings. The second kappa shape index (κ2) is 5.68. The molecular weight excluding hydrogens is 238 g/mol. The Morgan fingerprint density at radius 2 is 2.26 bits per heavy atom. The van der Waals surface area contributed by atoms with Gasteiger partial charge in [0.25, 0.3) is 0 Å². The van der Waals surface area contributed by atoms with E-state index >= 15 is 0 Å². The number of pyridine rings is 1. The average molecular weight is 255 g/mol. The Labute approximate surface area is 113 Å². The summed E-state index contributed by atoms with van der Waals surface area (Å²) >= 11 is 0. The molecule has 98 valence electrons. The van der Waals surface area contributed by atoms with Crippen molar-refractivity contribution in [2.45, 2.75) is 33.4 Å². The summed E-state index contributed by atoms with van der Waals surface area (Å²) in [6.45, 7) is 6.60. The number of nitriles is 1. The van der Waals surface area contributed by atoms with Crippen LogP contribution >= 0.6 is 0 Å². The van der Waals surface area contributed by atoms with Crippen LogP contribution in [0.2, 0.25) is 0 Å². The molecule has 0 aliphatic heterocycles. The molecule has 0 aliphatic carbocycles. The zero-order chi connectivity index (χ0) is 13.8. The number of rotatable bonds is 4. The number of hydrogen-bond donors (Lipinski definition) is 1. The van der Waals surface area contributed by atoms with Gasteiger partial charge in [0.15, 0.2) is 0 Å². The molecule has 0 saturated heterocycles. The zero-order valence-electron chi connectivity index (χ0n) is 11.4. The van der Waals surface area contributed by atoms with Crippen molar-refractivity contribution < 1.29 is 4.42 Å². The second-order valence-corrected chi connectivity index (χ2v) is 4.59. The first-order chi connectivity index (χ1) is 9.11. The van der Waals surface area contributed by atoms with Gasteiger partial charge in [-0.05, 0) is 32.9 Å². The minimum Gasteiger partial charge on any atom is -0.466 e. The molecule has 2 rings (SSSR count). The maximum absolute atomic E-state index is 8.99. The molecule has 0 saturated carbocycles. The van der Waals surface area contributed by atoms with Crippen LogP contribution in [0, 0.1) is 25.2 Å². The Kier molecular flexibility index (Phi) is 3.98. The van der Waals surface area contributed by atoms with E-state index < -0.39 is 0 Å². The summed E-state index contributed by atoms with van der Waals surface area (Å²) in [6.07, 6.45) is 1.63. The van der Waals surface area contributed by atoms with Gasteiger partial charge < -0.3 is 9.73 Å². The molecule has 0 aliphatic rings. The first-order valence-electron chi connectivity index (χ1n) is 6.26. The zero-order valence-corrected chi connectivity index (χ0v) is 11.4. The molecular formula is C15H17N3O. The minimum atomic E-state index is 0.171. The van der Waals surface area contributed by atoms with Gasteiger partial charge >= 0.3 is 0 Å². The minimum absolute atomic E-state index is 0.171. The van der Waals surface area contributed by atoms with Crippen LogP contribution in [0.25, 0.3) is 0 Å². The fourth-order valence-corrected chi connectivity index (χ4v) is 2.14. The van der Waals surface area contributed by atoms with Gasteiger partial charge in [-0.3, -0.25) is 0 Å². The van der Waals surface area contributed by atoms with Crippen molar-refractivity contribution in [3.8, 4) is 6.07 Å². The number of aryl methyl sites for hydroxylation is 2. The lowest BCUT2D eigenvalue weighted by molar-refractivity contribution is 0.489. The van der Waals surface area contributed by atoms with E-state index in [4.69, 9.17) is 9.68 Å². The van der Waals surface area contributed by atoms with Gasteiger partial charge in [-0.15, -0.1) is 0 Å². The van der Waals surface area contributed by atoms with Crippen molar-refractivity contribution in [1.82, 2.24) is 10.3 Å². The van der Waals surface area contributed by atoms with Crippen molar-refractivity contribution in [3.63, 3.8) is 0 Å². The first-order valence-corrected chi connectivity index (χ1v) is 6.26.